The number of carbonyl (C=O) groups excluding carboxylic acids is 1. The highest BCUT2D eigenvalue weighted by atomic mass is 32.1. The first-order valence-corrected chi connectivity index (χ1v) is 6.29. The lowest BCUT2D eigenvalue weighted by Gasteiger charge is -2.13. The van der Waals surface area contributed by atoms with Gasteiger partial charge < -0.3 is 0 Å². The zero-order valence-electron chi connectivity index (χ0n) is 8.77. The molecule has 0 atom stereocenters. The number of carbonyl (C=O) groups is 1. The third-order valence-corrected chi connectivity index (χ3v) is 3.76. The monoisotopic (exact) mass is 229 g/mol. The molecule has 0 aromatic carbocycles. The summed E-state index contributed by atoms with van der Waals surface area (Å²) in [5.41, 5.74) is 2.79. The Morgan fingerprint density at radius 2 is 2.12 bits per heavy atom. The fourth-order valence-electron chi connectivity index (χ4n) is 2.06. The molecule has 1 aliphatic carbocycles. The van der Waals surface area contributed by atoms with E-state index < -0.39 is 0 Å². The summed E-state index contributed by atoms with van der Waals surface area (Å²) >= 11 is 1.68. The van der Waals surface area contributed by atoms with Gasteiger partial charge in [-0.2, -0.15) is 0 Å². The highest BCUT2D eigenvalue weighted by molar-refractivity contribution is 7.13. The molecule has 0 amide bonds. The van der Waals surface area contributed by atoms with Crippen LogP contribution in [0, 0.1) is 0 Å². The van der Waals surface area contributed by atoms with Crippen molar-refractivity contribution in [1.82, 2.24) is 4.98 Å². The van der Waals surface area contributed by atoms with Crippen molar-refractivity contribution >= 4 is 17.1 Å². The molecule has 0 aliphatic heterocycles. The van der Waals surface area contributed by atoms with Crippen LogP contribution in [0.3, 0.4) is 0 Å². The Bertz CT molecular complexity index is 531. The van der Waals surface area contributed by atoms with Crippen molar-refractivity contribution in [3.8, 4) is 10.6 Å². The van der Waals surface area contributed by atoms with Crippen molar-refractivity contribution in [3.05, 3.63) is 40.9 Å². The molecule has 0 radical (unpaired) electrons. The SMILES string of the molecule is O=C1CCCc2nc(-c3cccs3)ccc21. The fourth-order valence-corrected chi connectivity index (χ4v) is 2.75. The molecule has 3 rings (SSSR count). The molecular weight excluding hydrogens is 218 g/mol. The first-order chi connectivity index (χ1) is 7.84. The number of pyridine rings is 1. The Hall–Kier alpha value is -1.48. The van der Waals surface area contributed by atoms with E-state index in [0.29, 0.717) is 6.42 Å². The van der Waals surface area contributed by atoms with Crippen LogP contribution < -0.4 is 0 Å². The van der Waals surface area contributed by atoms with Crippen LogP contribution in [0.4, 0.5) is 0 Å². The summed E-state index contributed by atoms with van der Waals surface area (Å²) in [7, 11) is 0. The van der Waals surface area contributed by atoms with Crippen molar-refractivity contribution in [2.45, 2.75) is 19.3 Å². The lowest BCUT2D eigenvalue weighted by Crippen LogP contribution is -2.12. The van der Waals surface area contributed by atoms with E-state index in [-0.39, 0.29) is 5.78 Å². The van der Waals surface area contributed by atoms with Gasteiger partial charge in [0.15, 0.2) is 5.78 Å². The predicted octanol–water partition coefficient (Wildman–Crippen LogP) is 3.33. The largest absolute Gasteiger partial charge is 0.294 e. The summed E-state index contributed by atoms with van der Waals surface area (Å²) in [5, 5.41) is 2.04. The van der Waals surface area contributed by atoms with Crippen LogP contribution in [-0.2, 0) is 6.42 Å². The van der Waals surface area contributed by atoms with Gasteiger partial charge >= 0.3 is 0 Å². The third-order valence-electron chi connectivity index (χ3n) is 2.87. The van der Waals surface area contributed by atoms with Crippen molar-refractivity contribution in [1.29, 1.82) is 0 Å². The van der Waals surface area contributed by atoms with Crippen molar-refractivity contribution < 1.29 is 4.79 Å². The van der Waals surface area contributed by atoms with E-state index in [4.69, 9.17) is 0 Å². The second-order valence-corrected chi connectivity index (χ2v) is 4.89. The second-order valence-electron chi connectivity index (χ2n) is 3.94. The fraction of sp³-hybridized carbons (Fsp3) is 0.231. The highest BCUT2D eigenvalue weighted by Crippen LogP contribution is 2.26. The maximum Gasteiger partial charge on any atom is 0.164 e. The molecule has 2 heterocycles. The van der Waals surface area contributed by atoms with Crippen LogP contribution in [-0.4, -0.2) is 10.8 Å². The normalized spacial score (nSPS) is 14.9. The molecular formula is C13H11NOS. The Morgan fingerprint density at radius 1 is 1.19 bits per heavy atom. The number of ketones is 1. The number of aryl methyl sites for hydroxylation is 1. The van der Waals surface area contributed by atoms with Crippen molar-refractivity contribution in [2.75, 3.05) is 0 Å². The van der Waals surface area contributed by atoms with Gasteiger partial charge in [-0.1, -0.05) is 6.07 Å². The van der Waals surface area contributed by atoms with Crippen molar-refractivity contribution in [3.63, 3.8) is 0 Å². The second kappa shape index (κ2) is 3.83. The molecule has 16 heavy (non-hydrogen) atoms. The summed E-state index contributed by atoms with van der Waals surface area (Å²) in [6.07, 6.45) is 2.54. The molecule has 0 unspecified atom stereocenters. The molecule has 2 aromatic rings. The number of hydrogen-bond donors (Lipinski definition) is 0. The zero-order chi connectivity index (χ0) is 11.0. The van der Waals surface area contributed by atoms with E-state index in [2.05, 4.69) is 11.1 Å². The lowest BCUT2D eigenvalue weighted by molar-refractivity contribution is 0.0971. The average Bonchev–Trinajstić information content (AvgIpc) is 2.82. The van der Waals surface area contributed by atoms with Crippen LogP contribution in [0.5, 0.6) is 0 Å². The van der Waals surface area contributed by atoms with Crippen LogP contribution in [0.2, 0.25) is 0 Å². The van der Waals surface area contributed by atoms with E-state index in [1.165, 1.54) is 4.88 Å². The number of thiophene rings is 1. The van der Waals surface area contributed by atoms with Crippen LogP contribution in [0.15, 0.2) is 29.6 Å². The van der Waals surface area contributed by atoms with Gasteiger partial charge in [-0.25, -0.2) is 0 Å². The minimum absolute atomic E-state index is 0.242. The molecule has 0 fully saturated rings. The van der Waals surface area contributed by atoms with Gasteiger partial charge in [0.05, 0.1) is 16.3 Å². The first kappa shape index (κ1) is 9.73. The third kappa shape index (κ3) is 1.57. The highest BCUT2D eigenvalue weighted by Gasteiger charge is 2.18. The molecule has 3 heteroatoms. The number of hydrogen-bond acceptors (Lipinski definition) is 3. The van der Waals surface area contributed by atoms with Crippen molar-refractivity contribution in [2.24, 2.45) is 0 Å². The maximum atomic E-state index is 11.6. The number of Topliss-reactive ketones (excluding diaryl/α,β-unsaturated/α-hetero) is 1. The number of aromatic nitrogens is 1. The summed E-state index contributed by atoms with van der Waals surface area (Å²) in [6.45, 7) is 0. The first-order valence-electron chi connectivity index (χ1n) is 5.41. The topological polar surface area (TPSA) is 30.0 Å². The van der Waals surface area contributed by atoms with Gasteiger partial charge in [0.1, 0.15) is 0 Å². The lowest BCUT2D eigenvalue weighted by atomic mass is 9.94. The Morgan fingerprint density at radius 3 is 2.94 bits per heavy atom. The van der Waals surface area contributed by atoms with Crippen LogP contribution >= 0.6 is 11.3 Å². The smallest absolute Gasteiger partial charge is 0.164 e. The van der Waals surface area contributed by atoms with Crippen LogP contribution in [0.1, 0.15) is 28.9 Å². The minimum Gasteiger partial charge on any atom is -0.294 e. The van der Waals surface area contributed by atoms with E-state index in [0.717, 1.165) is 29.8 Å². The molecule has 0 saturated carbocycles. The molecule has 1 aliphatic rings. The van der Waals surface area contributed by atoms with E-state index >= 15 is 0 Å². The van der Waals surface area contributed by atoms with E-state index in [1.54, 1.807) is 11.3 Å². The van der Waals surface area contributed by atoms with Gasteiger partial charge in [0, 0.05) is 12.0 Å². The predicted molar refractivity (Wildman–Crippen MR) is 64.8 cm³/mol. The van der Waals surface area contributed by atoms with Gasteiger partial charge in [0.25, 0.3) is 0 Å². The average molecular weight is 229 g/mol. The molecule has 80 valence electrons. The standard InChI is InChI=1S/C13H11NOS/c15-12-4-1-3-10-9(12)6-7-11(14-10)13-5-2-8-16-13/h2,5-8H,1,3-4H2. The molecule has 2 aromatic heterocycles. The van der Waals surface area contributed by atoms with Gasteiger partial charge in [0.2, 0.25) is 0 Å². The Kier molecular flexibility index (Phi) is 2.33. The van der Waals surface area contributed by atoms with E-state index in [1.807, 2.05) is 23.6 Å². The molecule has 0 spiro atoms. The maximum absolute atomic E-state index is 11.6. The van der Waals surface area contributed by atoms with Gasteiger partial charge in [-0.15, -0.1) is 11.3 Å². The number of rotatable bonds is 1. The number of nitrogens with zero attached hydrogens (tertiary/aromatic N) is 1. The Labute approximate surface area is 98.0 Å². The van der Waals surface area contributed by atoms with Gasteiger partial charge in [-0.3, -0.25) is 9.78 Å². The summed E-state index contributed by atoms with van der Waals surface area (Å²) < 4.78 is 0. The molecule has 0 bridgehead atoms. The molecule has 2 nitrogen and oxygen atoms in total. The molecule has 0 N–H and O–H groups in total. The molecule has 0 saturated heterocycles. The summed E-state index contributed by atoms with van der Waals surface area (Å²) in [5.74, 6) is 0.242. The summed E-state index contributed by atoms with van der Waals surface area (Å²) in [6, 6.07) is 7.96. The van der Waals surface area contributed by atoms with Crippen LogP contribution in [0.25, 0.3) is 10.6 Å². The quantitative estimate of drug-likeness (QED) is 0.750. The number of fused-ring (bicyclic) bond motifs is 1. The Balaban J connectivity index is 2.08. The van der Waals surface area contributed by atoms with E-state index in [9.17, 15) is 4.79 Å². The zero-order valence-corrected chi connectivity index (χ0v) is 9.59. The van der Waals surface area contributed by atoms with Gasteiger partial charge in [-0.05, 0) is 36.4 Å². The minimum atomic E-state index is 0.242. The summed E-state index contributed by atoms with van der Waals surface area (Å²) in [4.78, 5) is 17.4.